The molecular weight excluding hydrogens is 268 g/mol. The van der Waals surface area contributed by atoms with Crippen molar-refractivity contribution in [3.8, 4) is 0 Å². The molecule has 106 valence electrons. The second-order valence-corrected chi connectivity index (χ2v) is 6.13. The Bertz CT molecular complexity index is 474. The molecule has 1 aliphatic rings. The monoisotopic (exact) mass is 286 g/mol. The third-order valence-corrected chi connectivity index (χ3v) is 4.07. The molecule has 0 spiro atoms. The lowest BCUT2D eigenvalue weighted by atomic mass is 10.1. The van der Waals surface area contributed by atoms with Gasteiger partial charge < -0.3 is 14.9 Å². The van der Waals surface area contributed by atoms with Gasteiger partial charge in [0, 0.05) is 11.8 Å². The zero-order valence-electron chi connectivity index (χ0n) is 11.2. The molecule has 1 fully saturated rings. The van der Waals surface area contributed by atoms with Gasteiger partial charge in [-0.05, 0) is 20.8 Å². The van der Waals surface area contributed by atoms with Gasteiger partial charge in [0.2, 0.25) is 0 Å². The minimum Gasteiger partial charge on any atom is -0.465 e. The molecule has 1 aromatic rings. The predicted molar refractivity (Wildman–Crippen MR) is 70.2 cm³/mol. The van der Waals surface area contributed by atoms with E-state index in [0.717, 1.165) is 10.7 Å². The van der Waals surface area contributed by atoms with Gasteiger partial charge >= 0.3 is 6.09 Å². The number of hydrogen-bond acceptors (Lipinski definition) is 5. The fourth-order valence-corrected chi connectivity index (χ4v) is 3.17. The Kier molecular flexibility index (Phi) is 3.80. The second-order valence-electron chi connectivity index (χ2n) is 5.07. The van der Waals surface area contributed by atoms with E-state index in [2.05, 4.69) is 4.98 Å². The highest BCUT2D eigenvalue weighted by atomic mass is 32.1. The molecule has 2 unspecified atom stereocenters. The number of aromatic nitrogens is 1. The predicted octanol–water partition coefficient (Wildman–Crippen LogP) is 1.47. The van der Waals surface area contributed by atoms with Crippen LogP contribution < -0.4 is 0 Å². The summed E-state index contributed by atoms with van der Waals surface area (Å²) in [6.45, 7) is 5.08. The fourth-order valence-electron chi connectivity index (χ4n) is 2.54. The van der Waals surface area contributed by atoms with Gasteiger partial charge in [-0.25, -0.2) is 9.78 Å². The average molecular weight is 286 g/mol. The lowest BCUT2D eigenvalue weighted by Crippen LogP contribution is -2.48. The number of amides is 1. The zero-order valence-corrected chi connectivity index (χ0v) is 12.0. The molecule has 1 saturated heterocycles. The van der Waals surface area contributed by atoms with Crippen molar-refractivity contribution in [1.82, 2.24) is 9.88 Å². The number of ether oxygens (including phenoxy) is 1. The van der Waals surface area contributed by atoms with Gasteiger partial charge in [-0.2, -0.15) is 0 Å². The molecule has 7 heteroatoms. The van der Waals surface area contributed by atoms with Crippen LogP contribution in [0.1, 0.15) is 24.5 Å². The molecular formula is C12H18N2O4S. The Hall–Kier alpha value is -1.18. The van der Waals surface area contributed by atoms with E-state index in [-0.39, 0.29) is 6.61 Å². The number of rotatable bonds is 3. The molecule has 0 saturated carbocycles. The molecule has 6 nitrogen and oxygen atoms in total. The minimum absolute atomic E-state index is 0.207. The summed E-state index contributed by atoms with van der Waals surface area (Å²) in [5.41, 5.74) is -0.104. The van der Waals surface area contributed by atoms with E-state index in [0.29, 0.717) is 6.42 Å². The van der Waals surface area contributed by atoms with Gasteiger partial charge in [0.25, 0.3) is 0 Å². The second kappa shape index (κ2) is 5.07. The van der Waals surface area contributed by atoms with Crippen LogP contribution in [-0.4, -0.2) is 50.7 Å². The van der Waals surface area contributed by atoms with Crippen LogP contribution in [0, 0.1) is 6.92 Å². The highest BCUT2D eigenvalue weighted by Crippen LogP contribution is 2.33. The van der Waals surface area contributed by atoms with Gasteiger partial charge in [0.1, 0.15) is 11.8 Å². The molecule has 0 bridgehead atoms. The molecule has 19 heavy (non-hydrogen) atoms. The molecule has 2 heterocycles. The third kappa shape index (κ3) is 2.72. The van der Waals surface area contributed by atoms with Crippen LogP contribution in [0.25, 0.3) is 0 Å². The lowest BCUT2D eigenvalue weighted by molar-refractivity contribution is -0.0770. The maximum atomic E-state index is 11.4. The quantitative estimate of drug-likeness (QED) is 0.879. The van der Waals surface area contributed by atoms with Crippen LogP contribution in [-0.2, 0) is 11.2 Å². The molecule has 0 aromatic carbocycles. The first-order chi connectivity index (χ1) is 8.85. The number of carbonyl (C=O) groups is 1. The summed E-state index contributed by atoms with van der Waals surface area (Å²) < 4.78 is 5.63. The number of aryl methyl sites for hydroxylation is 1. The zero-order chi connectivity index (χ0) is 14.2. The van der Waals surface area contributed by atoms with Crippen molar-refractivity contribution in [2.75, 3.05) is 6.61 Å². The maximum Gasteiger partial charge on any atom is 0.409 e. The Morgan fingerprint density at radius 1 is 1.63 bits per heavy atom. The van der Waals surface area contributed by atoms with Crippen molar-refractivity contribution in [3.05, 3.63) is 16.1 Å². The normalized spacial score (nSPS) is 25.8. The summed E-state index contributed by atoms with van der Waals surface area (Å²) in [6, 6.07) is -0.418. The SMILES string of the molecule is Cc1nc(CC2C(CO)OC(C)(C)N2C(=O)O)cs1. The van der Waals surface area contributed by atoms with Crippen molar-refractivity contribution >= 4 is 17.4 Å². The molecule has 1 amide bonds. The van der Waals surface area contributed by atoms with Crippen molar-refractivity contribution in [2.24, 2.45) is 0 Å². The Balaban J connectivity index is 2.25. The van der Waals surface area contributed by atoms with Crippen molar-refractivity contribution in [3.63, 3.8) is 0 Å². The number of thiazole rings is 1. The van der Waals surface area contributed by atoms with Crippen LogP contribution in [0.4, 0.5) is 4.79 Å². The van der Waals surface area contributed by atoms with Gasteiger partial charge in [-0.1, -0.05) is 0 Å². The van der Waals surface area contributed by atoms with E-state index >= 15 is 0 Å². The first kappa shape index (κ1) is 14.2. The van der Waals surface area contributed by atoms with E-state index in [1.54, 1.807) is 13.8 Å². The van der Waals surface area contributed by atoms with Gasteiger partial charge in [-0.15, -0.1) is 11.3 Å². The minimum atomic E-state index is -1.04. The average Bonchev–Trinajstić information content (AvgIpc) is 2.80. The Morgan fingerprint density at radius 2 is 2.32 bits per heavy atom. The largest absolute Gasteiger partial charge is 0.465 e. The highest BCUT2D eigenvalue weighted by molar-refractivity contribution is 7.09. The third-order valence-electron chi connectivity index (χ3n) is 3.25. The molecule has 0 radical (unpaired) electrons. The summed E-state index contributed by atoms with van der Waals surface area (Å²) in [6.07, 6.45) is -1.11. The summed E-state index contributed by atoms with van der Waals surface area (Å²) in [5.74, 6) is 0. The fraction of sp³-hybridized carbons (Fsp3) is 0.667. The smallest absolute Gasteiger partial charge is 0.409 e. The molecule has 2 rings (SSSR count). The molecule has 2 atom stereocenters. The first-order valence-corrected chi connectivity index (χ1v) is 6.95. The highest BCUT2D eigenvalue weighted by Gasteiger charge is 2.49. The first-order valence-electron chi connectivity index (χ1n) is 6.07. The van der Waals surface area contributed by atoms with E-state index in [1.807, 2.05) is 12.3 Å². The number of aliphatic hydroxyl groups is 1. The van der Waals surface area contributed by atoms with Gasteiger partial charge in [-0.3, -0.25) is 4.90 Å². The van der Waals surface area contributed by atoms with E-state index < -0.39 is 24.0 Å². The molecule has 2 N–H and O–H groups in total. The molecule has 1 aromatic heterocycles. The standard InChI is InChI=1S/C12H18N2O4S/c1-7-13-8(6-19-7)4-9-10(5-15)18-12(2,3)14(9)11(16)17/h6,9-10,15H,4-5H2,1-3H3,(H,16,17). The van der Waals surface area contributed by atoms with E-state index in [4.69, 9.17) is 4.74 Å². The Morgan fingerprint density at radius 3 is 2.79 bits per heavy atom. The molecule has 1 aliphatic heterocycles. The van der Waals surface area contributed by atoms with Crippen molar-refractivity contribution in [1.29, 1.82) is 0 Å². The summed E-state index contributed by atoms with van der Waals surface area (Å²) in [5, 5.41) is 21.6. The van der Waals surface area contributed by atoms with Crippen LogP contribution in [0.5, 0.6) is 0 Å². The van der Waals surface area contributed by atoms with Crippen LogP contribution >= 0.6 is 11.3 Å². The van der Waals surface area contributed by atoms with Crippen molar-refractivity contribution in [2.45, 2.75) is 45.1 Å². The number of aliphatic hydroxyl groups excluding tert-OH is 1. The topological polar surface area (TPSA) is 82.9 Å². The maximum absolute atomic E-state index is 11.4. The summed E-state index contributed by atoms with van der Waals surface area (Å²) in [7, 11) is 0. The van der Waals surface area contributed by atoms with Crippen molar-refractivity contribution < 1.29 is 19.7 Å². The summed E-state index contributed by atoms with van der Waals surface area (Å²) >= 11 is 1.53. The van der Waals surface area contributed by atoms with Crippen LogP contribution in [0.2, 0.25) is 0 Å². The number of nitrogens with zero attached hydrogens (tertiary/aromatic N) is 2. The number of hydrogen-bond donors (Lipinski definition) is 2. The molecule has 0 aliphatic carbocycles. The van der Waals surface area contributed by atoms with Gasteiger partial charge in [0.15, 0.2) is 0 Å². The Labute approximate surface area is 115 Å². The summed E-state index contributed by atoms with van der Waals surface area (Å²) in [4.78, 5) is 17.0. The van der Waals surface area contributed by atoms with Crippen LogP contribution in [0.3, 0.4) is 0 Å². The van der Waals surface area contributed by atoms with Crippen LogP contribution in [0.15, 0.2) is 5.38 Å². The number of carboxylic acid groups (broad SMARTS) is 1. The van der Waals surface area contributed by atoms with E-state index in [1.165, 1.54) is 16.2 Å². The lowest BCUT2D eigenvalue weighted by Gasteiger charge is -2.30. The van der Waals surface area contributed by atoms with Gasteiger partial charge in [0.05, 0.1) is 23.4 Å². The van der Waals surface area contributed by atoms with E-state index in [9.17, 15) is 15.0 Å².